The lowest BCUT2D eigenvalue weighted by molar-refractivity contribution is 0.0321. The molecule has 1 fully saturated rings. The van der Waals surface area contributed by atoms with Crippen molar-refractivity contribution in [1.82, 2.24) is 4.90 Å². The molecule has 0 aliphatic carbocycles. The van der Waals surface area contributed by atoms with Crippen molar-refractivity contribution >= 4 is 0 Å². The number of rotatable bonds is 7. The number of ether oxygens (including phenoxy) is 4. The molecule has 0 aromatic heterocycles. The number of hydrogen-bond donors (Lipinski definition) is 0. The van der Waals surface area contributed by atoms with Crippen molar-refractivity contribution < 1.29 is 18.9 Å². The zero-order valence-electron chi connectivity index (χ0n) is 14.1. The first-order valence-corrected chi connectivity index (χ1v) is 7.84. The summed E-state index contributed by atoms with van der Waals surface area (Å²) in [4.78, 5) is 2.34. The first-order valence-electron chi connectivity index (χ1n) is 7.84. The molecule has 1 heterocycles. The van der Waals surface area contributed by atoms with Crippen LogP contribution in [0.25, 0.3) is 0 Å². The molecule has 1 aliphatic rings. The Balaban J connectivity index is 2.02. The minimum atomic E-state index is 0.367. The lowest BCUT2D eigenvalue weighted by Gasteiger charge is -2.26. The molecule has 0 saturated carbocycles. The van der Waals surface area contributed by atoms with Gasteiger partial charge in [-0.2, -0.15) is 0 Å². The molecule has 1 aromatic rings. The lowest BCUT2D eigenvalue weighted by atomic mass is 10.0. The normalized spacial score (nSPS) is 15.9. The molecule has 0 N–H and O–H groups in total. The second-order valence-electron chi connectivity index (χ2n) is 5.70. The Morgan fingerprint density at radius 2 is 1.73 bits per heavy atom. The molecule has 1 saturated heterocycles. The van der Waals surface area contributed by atoms with E-state index in [1.54, 1.807) is 14.2 Å². The van der Waals surface area contributed by atoms with E-state index >= 15 is 0 Å². The smallest absolute Gasteiger partial charge is 0.164 e. The van der Waals surface area contributed by atoms with Gasteiger partial charge in [0.1, 0.15) is 12.4 Å². The van der Waals surface area contributed by atoms with Gasteiger partial charge in [0.15, 0.2) is 11.5 Å². The van der Waals surface area contributed by atoms with Crippen LogP contribution in [0.1, 0.15) is 25.3 Å². The molecule has 0 spiro atoms. The van der Waals surface area contributed by atoms with E-state index in [4.69, 9.17) is 18.9 Å². The highest BCUT2D eigenvalue weighted by Crippen LogP contribution is 2.38. The second-order valence-corrected chi connectivity index (χ2v) is 5.70. The molecule has 0 unspecified atom stereocenters. The summed E-state index contributed by atoms with van der Waals surface area (Å²) in [5.41, 5.74) is 1.12. The largest absolute Gasteiger partial charge is 0.496 e. The predicted octanol–water partition coefficient (Wildman–Crippen LogP) is 2.54. The van der Waals surface area contributed by atoms with Gasteiger partial charge in [0, 0.05) is 31.3 Å². The summed E-state index contributed by atoms with van der Waals surface area (Å²) in [6.45, 7) is 9.33. The molecule has 2 rings (SSSR count). The van der Waals surface area contributed by atoms with Crippen molar-refractivity contribution in [2.75, 3.05) is 53.7 Å². The number of hydrogen-bond acceptors (Lipinski definition) is 5. The van der Waals surface area contributed by atoms with Crippen LogP contribution < -0.4 is 14.2 Å². The third kappa shape index (κ3) is 4.27. The van der Waals surface area contributed by atoms with E-state index in [1.165, 1.54) is 0 Å². The monoisotopic (exact) mass is 309 g/mol. The molecule has 1 aliphatic heterocycles. The second kappa shape index (κ2) is 8.25. The zero-order valence-corrected chi connectivity index (χ0v) is 14.1. The van der Waals surface area contributed by atoms with E-state index in [1.807, 2.05) is 12.1 Å². The van der Waals surface area contributed by atoms with Crippen LogP contribution in [-0.4, -0.2) is 58.6 Å². The maximum atomic E-state index is 5.92. The van der Waals surface area contributed by atoms with Crippen LogP contribution in [0.2, 0.25) is 0 Å². The van der Waals surface area contributed by atoms with Gasteiger partial charge in [-0.15, -0.1) is 0 Å². The molecular weight excluding hydrogens is 282 g/mol. The average molecular weight is 309 g/mol. The van der Waals surface area contributed by atoms with Crippen molar-refractivity contribution in [2.45, 2.75) is 19.8 Å². The fourth-order valence-corrected chi connectivity index (χ4v) is 2.57. The first kappa shape index (κ1) is 16.9. The number of methoxy groups -OCH3 is 2. The third-order valence-corrected chi connectivity index (χ3v) is 3.91. The fraction of sp³-hybridized carbons (Fsp3) is 0.647. The van der Waals surface area contributed by atoms with Gasteiger partial charge in [-0.1, -0.05) is 13.8 Å². The maximum absolute atomic E-state index is 5.92. The Morgan fingerprint density at radius 1 is 1.05 bits per heavy atom. The number of morpholine rings is 1. The molecule has 0 atom stereocenters. The zero-order chi connectivity index (χ0) is 15.9. The Labute approximate surface area is 133 Å². The van der Waals surface area contributed by atoms with Crippen molar-refractivity contribution in [3.63, 3.8) is 0 Å². The summed E-state index contributed by atoms with van der Waals surface area (Å²) in [6, 6.07) is 3.93. The highest BCUT2D eigenvalue weighted by Gasteiger charge is 2.15. The molecule has 0 amide bonds. The average Bonchev–Trinajstić information content (AvgIpc) is 2.55. The summed E-state index contributed by atoms with van der Waals surface area (Å²) in [5.74, 6) is 2.70. The molecule has 0 radical (unpaired) electrons. The summed E-state index contributed by atoms with van der Waals surface area (Å²) >= 11 is 0. The lowest BCUT2D eigenvalue weighted by Crippen LogP contribution is -2.38. The molecule has 1 aromatic carbocycles. The molecule has 22 heavy (non-hydrogen) atoms. The van der Waals surface area contributed by atoms with Crippen LogP contribution in [0.3, 0.4) is 0 Å². The minimum Gasteiger partial charge on any atom is -0.496 e. The van der Waals surface area contributed by atoms with Crippen LogP contribution in [0.15, 0.2) is 12.1 Å². The molecular formula is C17H27NO4. The summed E-state index contributed by atoms with van der Waals surface area (Å²) in [6.07, 6.45) is 0. The number of nitrogens with zero attached hydrogens (tertiary/aromatic N) is 1. The van der Waals surface area contributed by atoms with Crippen LogP contribution in [0.4, 0.5) is 0 Å². The van der Waals surface area contributed by atoms with E-state index < -0.39 is 0 Å². The van der Waals surface area contributed by atoms with Crippen LogP contribution in [0, 0.1) is 0 Å². The van der Waals surface area contributed by atoms with E-state index in [0.29, 0.717) is 12.5 Å². The van der Waals surface area contributed by atoms with Crippen molar-refractivity contribution in [1.29, 1.82) is 0 Å². The molecule has 0 bridgehead atoms. The molecule has 5 nitrogen and oxygen atoms in total. The van der Waals surface area contributed by atoms with E-state index in [-0.39, 0.29) is 0 Å². The van der Waals surface area contributed by atoms with Gasteiger partial charge in [-0.3, -0.25) is 4.90 Å². The number of benzene rings is 1. The van der Waals surface area contributed by atoms with Crippen LogP contribution in [0.5, 0.6) is 17.2 Å². The highest BCUT2D eigenvalue weighted by molar-refractivity contribution is 5.51. The van der Waals surface area contributed by atoms with E-state index in [9.17, 15) is 0 Å². The van der Waals surface area contributed by atoms with Gasteiger partial charge in [0.2, 0.25) is 0 Å². The van der Waals surface area contributed by atoms with Crippen molar-refractivity contribution in [3.8, 4) is 17.2 Å². The summed E-state index contributed by atoms with van der Waals surface area (Å²) < 4.78 is 22.2. The summed E-state index contributed by atoms with van der Waals surface area (Å²) in [5, 5.41) is 0. The maximum Gasteiger partial charge on any atom is 0.164 e. The van der Waals surface area contributed by atoms with Crippen molar-refractivity contribution in [3.05, 3.63) is 17.7 Å². The predicted molar refractivity (Wildman–Crippen MR) is 86.4 cm³/mol. The Kier molecular flexibility index (Phi) is 6.34. The van der Waals surface area contributed by atoms with Gasteiger partial charge in [0.05, 0.1) is 27.4 Å². The Morgan fingerprint density at radius 3 is 2.32 bits per heavy atom. The van der Waals surface area contributed by atoms with Gasteiger partial charge in [0.25, 0.3) is 0 Å². The topological polar surface area (TPSA) is 40.2 Å². The third-order valence-electron chi connectivity index (χ3n) is 3.91. The minimum absolute atomic E-state index is 0.367. The first-order chi connectivity index (χ1) is 10.7. The highest BCUT2D eigenvalue weighted by atomic mass is 16.5. The van der Waals surface area contributed by atoms with E-state index in [0.717, 1.165) is 55.7 Å². The molecule has 124 valence electrons. The Hall–Kier alpha value is -1.46. The van der Waals surface area contributed by atoms with Gasteiger partial charge in [-0.05, 0) is 12.0 Å². The van der Waals surface area contributed by atoms with Gasteiger partial charge >= 0.3 is 0 Å². The standard InChI is InChI=1S/C17H27NO4/c1-13(2)14-11-16(20-4)17(12-15(14)19-3)22-10-7-18-5-8-21-9-6-18/h11-13H,5-10H2,1-4H3. The Bertz CT molecular complexity index is 470. The molecule has 5 heteroatoms. The van der Waals surface area contributed by atoms with E-state index in [2.05, 4.69) is 18.7 Å². The quantitative estimate of drug-likeness (QED) is 0.774. The summed E-state index contributed by atoms with van der Waals surface area (Å²) in [7, 11) is 3.35. The van der Waals surface area contributed by atoms with Gasteiger partial charge < -0.3 is 18.9 Å². The van der Waals surface area contributed by atoms with Crippen LogP contribution in [-0.2, 0) is 4.74 Å². The van der Waals surface area contributed by atoms with Crippen LogP contribution >= 0.6 is 0 Å². The fourth-order valence-electron chi connectivity index (χ4n) is 2.57. The van der Waals surface area contributed by atoms with Gasteiger partial charge in [-0.25, -0.2) is 0 Å². The SMILES string of the molecule is COc1cc(C(C)C)c(OC)cc1OCCN1CCOCC1. The van der Waals surface area contributed by atoms with Crippen molar-refractivity contribution in [2.24, 2.45) is 0 Å².